The van der Waals surface area contributed by atoms with Crippen LogP contribution in [0.3, 0.4) is 0 Å². The van der Waals surface area contributed by atoms with Gasteiger partial charge in [0.25, 0.3) is 0 Å². The molecule has 0 fully saturated rings. The number of nitrogens with zero attached hydrogens (tertiary/aromatic N) is 2. The minimum atomic E-state index is -0.515. The van der Waals surface area contributed by atoms with Gasteiger partial charge in [-0.15, -0.1) is 0 Å². The molecule has 1 aromatic heterocycles. The monoisotopic (exact) mass is 389 g/mol. The van der Waals surface area contributed by atoms with Crippen molar-refractivity contribution < 1.29 is 19.1 Å². The highest BCUT2D eigenvalue weighted by Gasteiger charge is 2.19. The summed E-state index contributed by atoms with van der Waals surface area (Å²) < 4.78 is 16.2. The van der Waals surface area contributed by atoms with Crippen molar-refractivity contribution in [2.24, 2.45) is 0 Å². The van der Waals surface area contributed by atoms with Crippen molar-refractivity contribution >= 4 is 33.9 Å². The molecule has 0 bridgehead atoms. The van der Waals surface area contributed by atoms with Gasteiger partial charge in [-0.05, 0) is 18.2 Å². The number of hydrogen-bond donors (Lipinski definition) is 1. The molecule has 2 N–H and O–H groups in total. The zero-order valence-corrected chi connectivity index (χ0v) is 15.1. The SMILES string of the molecule is COCCOc1cc2nccc(Oc3ccc(N)c(Cl)c3)c2cc1[N+](=O)[O-]. The summed E-state index contributed by atoms with van der Waals surface area (Å²) in [6.07, 6.45) is 1.54. The Balaban J connectivity index is 2.02. The molecular formula is C18H16ClN3O5. The van der Waals surface area contributed by atoms with Crippen LogP contribution in [-0.2, 0) is 4.74 Å². The lowest BCUT2D eigenvalue weighted by Gasteiger charge is -2.11. The van der Waals surface area contributed by atoms with Gasteiger partial charge in [-0.25, -0.2) is 0 Å². The summed E-state index contributed by atoms with van der Waals surface area (Å²) >= 11 is 6.01. The lowest BCUT2D eigenvalue weighted by molar-refractivity contribution is -0.385. The third kappa shape index (κ3) is 4.18. The molecule has 3 aromatic rings. The lowest BCUT2D eigenvalue weighted by atomic mass is 10.1. The minimum Gasteiger partial charge on any atom is -0.484 e. The topological polar surface area (TPSA) is 110 Å². The molecule has 0 atom stereocenters. The van der Waals surface area contributed by atoms with Gasteiger partial charge in [0.1, 0.15) is 18.1 Å². The average molecular weight is 390 g/mol. The van der Waals surface area contributed by atoms with Crippen LogP contribution in [0.25, 0.3) is 10.9 Å². The van der Waals surface area contributed by atoms with Gasteiger partial charge >= 0.3 is 5.69 Å². The number of methoxy groups -OCH3 is 1. The van der Waals surface area contributed by atoms with Crippen LogP contribution >= 0.6 is 11.6 Å². The second-order valence-electron chi connectivity index (χ2n) is 5.53. The Morgan fingerprint density at radius 1 is 1.19 bits per heavy atom. The summed E-state index contributed by atoms with van der Waals surface area (Å²) in [6.45, 7) is 0.493. The fourth-order valence-corrected chi connectivity index (χ4v) is 2.59. The zero-order valence-electron chi connectivity index (χ0n) is 14.3. The molecule has 1 heterocycles. The number of hydrogen-bond acceptors (Lipinski definition) is 7. The third-order valence-corrected chi connectivity index (χ3v) is 4.05. The predicted octanol–water partition coefficient (Wildman–Crippen LogP) is 4.20. The van der Waals surface area contributed by atoms with Gasteiger partial charge in [0.2, 0.25) is 0 Å². The van der Waals surface area contributed by atoms with Gasteiger partial charge in [-0.3, -0.25) is 15.1 Å². The number of nitro benzene ring substituents is 1. The summed E-state index contributed by atoms with van der Waals surface area (Å²) in [5.41, 5.74) is 6.43. The molecule has 0 aliphatic rings. The van der Waals surface area contributed by atoms with E-state index in [-0.39, 0.29) is 18.0 Å². The predicted molar refractivity (Wildman–Crippen MR) is 102 cm³/mol. The first kappa shape index (κ1) is 18.7. The highest BCUT2D eigenvalue weighted by Crippen LogP contribution is 2.37. The Morgan fingerprint density at radius 2 is 2.00 bits per heavy atom. The quantitative estimate of drug-likeness (QED) is 0.279. The van der Waals surface area contributed by atoms with Gasteiger partial charge in [0, 0.05) is 31.5 Å². The molecule has 2 aromatic carbocycles. The van der Waals surface area contributed by atoms with Crippen LogP contribution in [0.1, 0.15) is 0 Å². The first-order valence-corrected chi connectivity index (χ1v) is 8.29. The number of rotatable bonds is 7. The van der Waals surface area contributed by atoms with Crippen LogP contribution in [0.15, 0.2) is 42.6 Å². The van der Waals surface area contributed by atoms with Gasteiger partial charge in [-0.2, -0.15) is 0 Å². The Morgan fingerprint density at radius 3 is 2.70 bits per heavy atom. The Bertz CT molecular complexity index is 996. The molecule has 8 nitrogen and oxygen atoms in total. The second-order valence-corrected chi connectivity index (χ2v) is 5.94. The lowest BCUT2D eigenvalue weighted by Crippen LogP contribution is -2.06. The largest absolute Gasteiger partial charge is 0.484 e. The van der Waals surface area contributed by atoms with Gasteiger partial charge < -0.3 is 19.9 Å². The van der Waals surface area contributed by atoms with Gasteiger partial charge in [0.15, 0.2) is 5.75 Å². The minimum absolute atomic E-state index is 0.115. The highest BCUT2D eigenvalue weighted by molar-refractivity contribution is 6.33. The maximum Gasteiger partial charge on any atom is 0.311 e. The van der Waals surface area contributed by atoms with Gasteiger partial charge in [-0.1, -0.05) is 11.6 Å². The molecule has 0 aliphatic carbocycles. The van der Waals surface area contributed by atoms with E-state index in [4.69, 9.17) is 31.5 Å². The number of nitro groups is 1. The van der Waals surface area contributed by atoms with Crippen LogP contribution < -0.4 is 15.2 Å². The molecule has 27 heavy (non-hydrogen) atoms. The van der Waals surface area contributed by atoms with Crippen molar-refractivity contribution in [2.45, 2.75) is 0 Å². The first-order chi connectivity index (χ1) is 13.0. The number of nitrogen functional groups attached to an aromatic ring is 1. The van der Waals surface area contributed by atoms with Crippen LogP contribution in [0.2, 0.25) is 5.02 Å². The zero-order chi connectivity index (χ0) is 19.4. The Kier molecular flexibility index (Phi) is 5.58. The number of anilines is 1. The highest BCUT2D eigenvalue weighted by atomic mass is 35.5. The standard InChI is InChI=1S/C18H16ClN3O5/c1-25-6-7-26-18-10-15-12(9-16(18)22(23)24)17(4-5-21-15)27-11-2-3-14(20)13(19)8-11/h2-5,8-10H,6-7,20H2,1H3. The Labute approximate surface area is 159 Å². The van der Waals surface area contributed by atoms with Crippen molar-refractivity contribution in [2.75, 3.05) is 26.1 Å². The van der Waals surface area contributed by atoms with E-state index in [2.05, 4.69) is 4.98 Å². The maximum atomic E-state index is 11.5. The molecule has 0 spiro atoms. The summed E-state index contributed by atoms with van der Waals surface area (Å²) in [5, 5.41) is 12.3. The number of pyridine rings is 1. The number of benzene rings is 2. The fourth-order valence-electron chi connectivity index (χ4n) is 2.42. The van der Waals surface area contributed by atoms with Crippen LogP contribution in [-0.4, -0.2) is 30.2 Å². The van der Waals surface area contributed by atoms with E-state index >= 15 is 0 Å². The number of ether oxygens (including phenoxy) is 3. The third-order valence-electron chi connectivity index (χ3n) is 3.72. The van der Waals surface area contributed by atoms with E-state index in [9.17, 15) is 10.1 Å². The van der Waals surface area contributed by atoms with Crippen LogP contribution in [0, 0.1) is 10.1 Å². The Hall–Kier alpha value is -3.10. The molecule has 0 amide bonds. The van der Waals surface area contributed by atoms with E-state index < -0.39 is 4.92 Å². The van der Waals surface area contributed by atoms with E-state index in [1.54, 1.807) is 30.5 Å². The molecule has 140 valence electrons. The summed E-state index contributed by atoms with van der Waals surface area (Å²) in [7, 11) is 1.52. The fraction of sp³-hybridized carbons (Fsp3) is 0.167. The van der Waals surface area contributed by atoms with E-state index in [0.717, 1.165) is 0 Å². The molecule has 9 heteroatoms. The van der Waals surface area contributed by atoms with Crippen molar-refractivity contribution in [3.8, 4) is 17.2 Å². The van der Waals surface area contributed by atoms with Crippen molar-refractivity contribution in [3.63, 3.8) is 0 Å². The molecule has 0 unspecified atom stereocenters. The molecule has 0 saturated heterocycles. The van der Waals surface area contributed by atoms with Crippen LogP contribution in [0.5, 0.6) is 17.2 Å². The first-order valence-electron chi connectivity index (χ1n) is 7.91. The summed E-state index contributed by atoms with van der Waals surface area (Å²) in [6, 6.07) is 9.33. The van der Waals surface area contributed by atoms with Crippen molar-refractivity contribution in [1.29, 1.82) is 0 Å². The molecule has 0 aliphatic heterocycles. The van der Waals surface area contributed by atoms with E-state index in [1.807, 2.05) is 0 Å². The molecule has 3 rings (SSSR count). The van der Waals surface area contributed by atoms with Crippen molar-refractivity contribution in [3.05, 3.63) is 57.7 Å². The molecule has 0 saturated carbocycles. The molecule has 0 radical (unpaired) electrons. The second kappa shape index (κ2) is 8.07. The normalized spacial score (nSPS) is 10.7. The number of aromatic nitrogens is 1. The number of fused-ring (bicyclic) bond motifs is 1. The number of nitrogens with two attached hydrogens (primary N) is 1. The number of halogens is 1. The van der Waals surface area contributed by atoms with E-state index in [0.29, 0.717) is 39.7 Å². The summed E-state index contributed by atoms with van der Waals surface area (Å²) in [4.78, 5) is 15.2. The smallest absolute Gasteiger partial charge is 0.311 e. The van der Waals surface area contributed by atoms with Crippen LogP contribution in [0.4, 0.5) is 11.4 Å². The van der Waals surface area contributed by atoms with E-state index in [1.165, 1.54) is 19.2 Å². The van der Waals surface area contributed by atoms with Crippen molar-refractivity contribution in [1.82, 2.24) is 4.98 Å². The summed E-state index contributed by atoms with van der Waals surface area (Å²) in [5.74, 6) is 0.960. The maximum absolute atomic E-state index is 11.5. The van der Waals surface area contributed by atoms with Gasteiger partial charge in [0.05, 0.1) is 33.1 Å². The molecular weight excluding hydrogens is 374 g/mol. The average Bonchev–Trinajstić information content (AvgIpc) is 2.64.